The van der Waals surface area contributed by atoms with Gasteiger partial charge in [-0.3, -0.25) is 0 Å². The molecule has 0 nitrogen and oxygen atoms in total. The quantitative estimate of drug-likeness (QED) is 0.506. The summed E-state index contributed by atoms with van der Waals surface area (Å²) in [5.41, 5.74) is -0.203. The van der Waals surface area contributed by atoms with Crippen molar-refractivity contribution in [2.75, 3.05) is 0 Å². The molecular weight excluding hydrogens is 132 g/mol. The maximum atomic E-state index is 6.02. The lowest BCUT2D eigenvalue weighted by atomic mass is 9.80. The Morgan fingerprint density at radius 1 is 0.909 bits per heavy atom. The second-order valence-electron chi connectivity index (χ2n) is 2.84. The van der Waals surface area contributed by atoms with Gasteiger partial charge in [-0.05, 0) is 31.6 Å². The molecule has 0 aromatic carbocycles. The lowest BCUT2D eigenvalue weighted by Gasteiger charge is -2.24. The molecule has 11 heavy (non-hydrogen) atoms. The highest BCUT2D eigenvalue weighted by molar-refractivity contribution is 4.96. The van der Waals surface area contributed by atoms with Gasteiger partial charge in [0.1, 0.15) is 0 Å². The minimum Gasteiger partial charge on any atom is -0.103 e. The fraction of sp³-hybridized carbons (Fsp3) is 0.364. The van der Waals surface area contributed by atoms with E-state index in [1.54, 1.807) is 0 Å². The van der Waals surface area contributed by atoms with Crippen LogP contribution in [0.3, 0.4) is 0 Å². The average Bonchev–Trinajstić information content (AvgIpc) is 1.88. The van der Waals surface area contributed by atoms with Crippen molar-refractivity contribution in [2.24, 2.45) is 5.41 Å². The van der Waals surface area contributed by atoms with Crippen LogP contribution in [0.25, 0.3) is 0 Å². The Labute approximate surface area is 70.3 Å². The van der Waals surface area contributed by atoms with Crippen LogP contribution >= 0.6 is 0 Å². The molecule has 0 aliphatic heterocycles. The molecular formula is C11H16. The van der Waals surface area contributed by atoms with Crippen LogP contribution in [0.4, 0.5) is 0 Å². The Morgan fingerprint density at radius 2 is 1.18 bits per heavy atom. The van der Waals surface area contributed by atoms with E-state index in [-0.39, 0.29) is 5.41 Å². The fourth-order valence-electron chi connectivity index (χ4n) is 1.11. The molecule has 0 unspecified atom stereocenters. The molecule has 0 bridgehead atoms. The smallest absolute Gasteiger partial charge is 0.0160 e. The number of hydrogen-bond donors (Lipinski definition) is 0. The fourth-order valence-corrected chi connectivity index (χ4v) is 1.11. The van der Waals surface area contributed by atoms with Crippen molar-refractivity contribution in [3.63, 3.8) is 0 Å². The summed E-state index contributed by atoms with van der Waals surface area (Å²) < 4.78 is 0. The maximum absolute atomic E-state index is 6.02. The van der Waals surface area contributed by atoms with Crippen LogP contribution in [0.2, 0.25) is 0 Å². The Morgan fingerprint density at radius 3 is 1.36 bits per heavy atom. The molecule has 0 spiro atoms. The summed E-state index contributed by atoms with van der Waals surface area (Å²) in [6, 6.07) is 0. The SMILES string of the molecule is [CH]C(CC=C)(CC=C)CC=C. The summed E-state index contributed by atoms with van der Waals surface area (Å²) in [7, 11) is 0. The van der Waals surface area contributed by atoms with Gasteiger partial charge in [-0.25, -0.2) is 0 Å². The third-order valence-corrected chi connectivity index (χ3v) is 1.65. The Balaban J connectivity index is 4.09. The van der Waals surface area contributed by atoms with Gasteiger partial charge in [0.15, 0.2) is 0 Å². The number of rotatable bonds is 6. The van der Waals surface area contributed by atoms with Crippen molar-refractivity contribution in [1.29, 1.82) is 0 Å². The first-order valence-electron chi connectivity index (χ1n) is 3.80. The van der Waals surface area contributed by atoms with Crippen LogP contribution in [0.5, 0.6) is 0 Å². The molecule has 0 atom stereocenters. The monoisotopic (exact) mass is 148 g/mol. The van der Waals surface area contributed by atoms with Crippen LogP contribution in [0.15, 0.2) is 38.0 Å². The lowest BCUT2D eigenvalue weighted by Crippen LogP contribution is -2.13. The molecule has 0 aliphatic rings. The summed E-state index contributed by atoms with van der Waals surface area (Å²) in [4.78, 5) is 0. The van der Waals surface area contributed by atoms with Crippen molar-refractivity contribution in [3.8, 4) is 0 Å². The van der Waals surface area contributed by atoms with E-state index in [9.17, 15) is 0 Å². The standard InChI is InChI=1S/C11H16/c1-5-8-11(4,9-6-2)10-7-3/h4-7H,1-3,8-10H2. The molecule has 0 aliphatic carbocycles. The second kappa shape index (κ2) is 4.95. The Bertz CT molecular complexity index is 116. The van der Waals surface area contributed by atoms with E-state index in [0.29, 0.717) is 0 Å². The number of allylic oxidation sites excluding steroid dienone is 3. The van der Waals surface area contributed by atoms with E-state index < -0.39 is 0 Å². The minimum atomic E-state index is -0.203. The molecule has 2 radical (unpaired) electrons. The summed E-state index contributed by atoms with van der Waals surface area (Å²) in [6.45, 7) is 17.0. The zero-order valence-corrected chi connectivity index (χ0v) is 7.05. The molecule has 0 aromatic heterocycles. The van der Waals surface area contributed by atoms with E-state index >= 15 is 0 Å². The van der Waals surface area contributed by atoms with Crippen LogP contribution in [0.1, 0.15) is 19.3 Å². The van der Waals surface area contributed by atoms with E-state index in [0.717, 1.165) is 19.3 Å². The molecule has 0 fully saturated rings. The van der Waals surface area contributed by atoms with Gasteiger partial charge in [0, 0.05) is 0 Å². The molecule has 0 N–H and O–H groups in total. The van der Waals surface area contributed by atoms with Crippen LogP contribution in [0, 0.1) is 12.3 Å². The van der Waals surface area contributed by atoms with E-state index in [1.165, 1.54) is 0 Å². The largest absolute Gasteiger partial charge is 0.103 e. The highest BCUT2D eigenvalue weighted by Gasteiger charge is 2.18. The maximum Gasteiger partial charge on any atom is -0.0160 e. The molecule has 0 heteroatoms. The van der Waals surface area contributed by atoms with E-state index in [1.807, 2.05) is 18.2 Å². The first kappa shape index (κ1) is 10.2. The average molecular weight is 148 g/mol. The second-order valence-corrected chi connectivity index (χ2v) is 2.84. The topological polar surface area (TPSA) is 0 Å². The van der Waals surface area contributed by atoms with Gasteiger partial charge >= 0.3 is 0 Å². The van der Waals surface area contributed by atoms with Crippen molar-refractivity contribution in [3.05, 3.63) is 44.9 Å². The van der Waals surface area contributed by atoms with Gasteiger partial charge < -0.3 is 0 Å². The molecule has 0 rings (SSSR count). The summed E-state index contributed by atoms with van der Waals surface area (Å²) in [6.07, 6.45) is 7.95. The summed E-state index contributed by atoms with van der Waals surface area (Å²) in [5.74, 6) is 0. The molecule has 0 amide bonds. The summed E-state index contributed by atoms with van der Waals surface area (Å²) in [5, 5.41) is 0. The van der Waals surface area contributed by atoms with Crippen molar-refractivity contribution >= 4 is 0 Å². The predicted octanol–water partition coefficient (Wildman–Crippen LogP) is 3.41. The van der Waals surface area contributed by atoms with Gasteiger partial charge in [-0.2, -0.15) is 0 Å². The molecule has 0 heterocycles. The van der Waals surface area contributed by atoms with Crippen molar-refractivity contribution < 1.29 is 0 Å². The normalized spacial score (nSPS) is 10.6. The van der Waals surface area contributed by atoms with Crippen molar-refractivity contribution in [2.45, 2.75) is 19.3 Å². The van der Waals surface area contributed by atoms with Crippen LogP contribution in [-0.4, -0.2) is 0 Å². The lowest BCUT2D eigenvalue weighted by molar-refractivity contribution is 0.393. The summed E-state index contributed by atoms with van der Waals surface area (Å²) >= 11 is 0. The zero-order valence-electron chi connectivity index (χ0n) is 7.05. The Hall–Kier alpha value is -0.780. The first-order valence-corrected chi connectivity index (χ1v) is 3.80. The van der Waals surface area contributed by atoms with E-state index in [4.69, 9.17) is 6.92 Å². The van der Waals surface area contributed by atoms with Gasteiger partial charge in [-0.1, -0.05) is 18.2 Å². The molecule has 60 valence electrons. The highest BCUT2D eigenvalue weighted by Crippen LogP contribution is 2.30. The van der Waals surface area contributed by atoms with Crippen LogP contribution < -0.4 is 0 Å². The molecule has 0 aromatic rings. The first-order chi connectivity index (χ1) is 5.18. The third kappa shape index (κ3) is 3.82. The van der Waals surface area contributed by atoms with Gasteiger partial charge in [0.25, 0.3) is 0 Å². The highest BCUT2D eigenvalue weighted by atomic mass is 14.2. The molecule has 0 saturated heterocycles. The van der Waals surface area contributed by atoms with E-state index in [2.05, 4.69) is 19.7 Å². The zero-order chi connectivity index (χ0) is 8.74. The van der Waals surface area contributed by atoms with Crippen LogP contribution in [-0.2, 0) is 0 Å². The van der Waals surface area contributed by atoms with Gasteiger partial charge in [0.2, 0.25) is 0 Å². The van der Waals surface area contributed by atoms with Gasteiger partial charge in [0.05, 0.1) is 0 Å². The predicted molar refractivity (Wildman–Crippen MR) is 51.2 cm³/mol. The van der Waals surface area contributed by atoms with Crippen molar-refractivity contribution in [1.82, 2.24) is 0 Å². The molecule has 0 saturated carbocycles. The number of hydrogen-bond acceptors (Lipinski definition) is 0. The Kier molecular flexibility index (Phi) is 4.60. The third-order valence-electron chi connectivity index (χ3n) is 1.65. The van der Waals surface area contributed by atoms with Gasteiger partial charge in [-0.15, -0.1) is 19.7 Å². The minimum absolute atomic E-state index is 0.203.